The highest BCUT2D eigenvalue weighted by molar-refractivity contribution is 6.09. The zero-order valence-corrected chi connectivity index (χ0v) is 17.3. The Labute approximate surface area is 174 Å². The molecular formula is C21H24N4O5. The van der Waals surface area contributed by atoms with Gasteiger partial charge in [-0.3, -0.25) is 19.3 Å². The third-order valence-corrected chi connectivity index (χ3v) is 5.14. The lowest BCUT2D eigenvalue weighted by Gasteiger charge is -2.22. The molecule has 2 aromatic carbocycles. The maximum atomic E-state index is 13.0. The summed E-state index contributed by atoms with van der Waals surface area (Å²) in [6, 6.07) is 10.3. The van der Waals surface area contributed by atoms with Gasteiger partial charge in [-0.1, -0.05) is 18.2 Å². The molecule has 1 atom stereocenters. The minimum atomic E-state index is -1.30. The van der Waals surface area contributed by atoms with Crippen LogP contribution in [0.3, 0.4) is 0 Å². The first kappa shape index (κ1) is 21.1. The zero-order valence-electron chi connectivity index (χ0n) is 17.3. The standard InChI is InChI=1S/C21H24N4O5/c1-21(15-7-5-14-10-16(30-4)8-6-13(14)9-15)19(28)25(20(29)23-21)12-17(26)22-11-18(27)24(2)3/h5-10H,11-12H2,1-4H3,(H,22,26)(H,23,29)/t21-/m0/s1. The fraction of sp³-hybridized carbons (Fsp3) is 0.333. The van der Waals surface area contributed by atoms with Gasteiger partial charge < -0.3 is 20.3 Å². The third kappa shape index (κ3) is 3.91. The second-order valence-electron chi connectivity index (χ2n) is 7.44. The van der Waals surface area contributed by atoms with Crippen LogP contribution in [-0.2, 0) is 19.9 Å². The van der Waals surface area contributed by atoms with Crippen molar-refractivity contribution >= 4 is 34.5 Å². The van der Waals surface area contributed by atoms with Crippen LogP contribution in [0.15, 0.2) is 36.4 Å². The number of hydrogen-bond donors (Lipinski definition) is 2. The molecule has 0 aromatic heterocycles. The van der Waals surface area contributed by atoms with Gasteiger partial charge in [-0.25, -0.2) is 4.79 Å². The van der Waals surface area contributed by atoms with E-state index in [1.165, 1.54) is 4.90 Å². The number of urea groups is 1. The first-order chi connectivity index (χ1) is 14.2. The second-order valence-corrected chi connectivity index (χ2v) is 7.44. The number of methoxy groups -OCH3 is 1. The molecule has 1 aliphatic heterocycles. The molecule has 9 heteroatoms. The lowest BCUT2D eigenvalue weighted by Crippen LogP contribution is -2.45. The van der Waals surface area contributed by atoms with Crippen LogP contribution in [-0.4, -0.2) is 67.8 Å². The third-order valence-electron chi connectivity index (χ3n) is 5.14. The number of ether oxygens (including phenoxy) is 1. The Hall–Kier alpha value is -3.62. The number of hydrogen-bond acceptors (Lipinski definition) is 5. The molecule has 30 heavy (non-hydrogen) atoms. The number of nitrogens with zero attached hydrogens (tertiary/aromatic N) is 2. The minimum absolute atomic E-state index is 0.207. The summed E-state index contributed by atoms with van der Waals surface area (Å²) in [6.07, 6.45) is 0. The van der Waals surface area contributed by atoms with Crippen molar-refractivity contribution in [2.75, 3.05) is 34.3 Å². The van der Waals surface area contributed by atoms with Crippen molar-refractivity contribution in [3.8, 4) is 5.75 Å². The van der Waals surface area contributed by atoms with E-state index in [1.54, 1.807) is 34.2 Å². The van der Waals surface area contributed by atoms with Crippen LogP contribution in [0.2, 0.25) is 0 Å². The Bertz CT molecular complexity index is 1040. The Balaban J connectivity index is 1.78. The van der Waals surface area contributed by atoms with Gasteiger partial charge in [0.15, 0.2) is 0 Å². The smallest absolute Gasteiger partial charge is 0.325 e. The summed E-state index contributed by atoms with van der Waals surface area (Å²) in [7, 11) is 4.72. The predicted molar refractivity (Wildman–Crippen MR) is 110 cm³/mol. The fourth-order valence-corrected chi connectivity index (χ4v) is 3.23. The average molecular weight is 412 g/mol. The highest BCUT2D eigenvalue weighted by atomic mass is 16.5. The van der Waals surface area contributed by atoms with E-state index in [1.807, 2.05) is 30.3 Å². The van der Waals surface area contributed by atoms with Crippen molar-refractivity contribution in [2.45, 2.75) is 12.5 Å². The number of likely N-dealkylation sites (N-methyl/N-ethyl adjacent to an activating group) is 1. The van der Waals surface area contributed by atoms with E-state index in [0.717, 1.165) is 21.4 Å². The van der Waals surface area contributed by atoms with Gasteiger partial charge in [0.25, 0.3) is 5.91 Å². The fourth-order valence-electron chi connectivity index (χ4n) is 3.23. The van der Waals surface area contributed by atoms with E-state index < -0.39 is 29.9 Å². The predicted octanol–water partition coefficient (Wildman–Crippen LogP) is 0.820. The van der Waals surface area contributed by atoms with Gasteiger partial charge in [-0.05, 0) is 41.5 Å². The van der Waals surface area contributed by atoms with E-state index in [4.69, 9.17) is 4.74 Å². The molecule has 0 spiro atoms. The van der Waals surface area contributed by atoms with Crippen LogP contribution in [0.1, 0.15) is 12.5 Å². The summed E-state index contributed by atoms with van der Waals surface area (Å²) >= 11 is 0. The van der Waals surface area contributed by atoms with Crippen molar-refractivity contribution < 1.29 is 23.9 Å². The molecule has 0 saturated carbocycles. The largest absolute Gasteiger partial charge is 0.497 e. The van der Waals surface area contributed by atoms with Crippen LogP contribution in [0.4, 0.5) is 4.79 Å². The Morgan fingerprint density at radius 3 is 2.47 bits per heavy atom. The van der Waals surface area contributed by atoms with Crippen molar-refractivity contribution in [1.29, 1.82) is 0 Å². The summed E-state index contributed by atoms with van der Waals surface area (Å²) in [6.45, 7) is 0.929. The molecule has 158 valence electrons. The molecule has 2 aromatic rings. The first-order valence-electron chi connectivity index (χ1n) is 9.35. The first-order valence-corrected chi connectivity index (χ1v) is 9.35. The average Bonchev–Trinajstić information content (AvgIpc) is 2.94. The van der Waals surface area contributed by atoms with E-state index in [-0.39, 0.29) is 12.5 Å². The summed E-state index contributed by atoms with van der Waals surface area (Å²) in [5, 5.41) is 6.91. The Kier molecular flexibility index (Phi) is 5.64. The van der Waals surface area contributed by atoms with Crippen LogP contribution in [0, 0.1) is 0 Å². The van der Waals surface area contributed by atoms with E-state index in [2.05, 4.69) is 10.6 Å². The van der Waals surface area contributed by atoms with Crippen LogP contribution >= 0.6 is 0 Å². The number of amides is 5. The lowest BCUT2D eigenvalue weighted by molar-refractivity contribution is -0.135. The highest BCUT2D eigenvalue weighted by Crippen LogP contribution is 2.31. The van der Waals surface area contributed by atoms with Crippen molar-refractivity contribution in [1.82, 2.24) is 20.4 Å². The highest BCUT2D eigenvalue weighted by Gasteiger charge is 2.49. The maximum Gasteiger partial charge on any atom is 0.325 e. The maximum absolute atomic E-state index is 13.0. The van der Waals surface area contributed by atoms with Crippen molar-refractivity contribution in [3.05, 3.63) is 42.0 Å². The molecule has 5 amide bonds. The number of carbonyl (C=O) groups is 4. The molecule has 2 N–H and O–H groups in total. The van der Waals surface area contributed by atoms with Gasteiger partial charge in [-0.2, -0.15) is 0 Å². The van der Waals surface area contributed by atoms with Crippen molar-refractivity contribution in [2.24, 2.45) is 0 Å². The Morgan fingerprint density at radius 1 is 1.13 bits per heavy atom. The van der Waals surface area contributed by atoms with Gasteiger partial charge in [0, 0.05) is 14.1 Å². The molecule has 1 heterocycles. The second kappa shape index (κ2) is 8.02. The van der Waals surface area contributed by atoms with E-state index in [9.17, 15) is 19.2 Å². The molecule has 1 saturated heterocycles. The molecule has 0 bridgehead atoms. The molecule has 1 fully saturated rings. The number of nitrogens with one attached hydrogen (secondary N) is 2. The molecule has 0 unspecified atom stereocenters. The van der Waals surface area contributed by atoms with E-state index in [0.29, 0.717) is 5.56 Å². The molecule has 3 rings (SSSR count). The molecule has 9 nitrogen and oxygen atoms in total. The number of imide groups is 1. The minimum Gasteiger partial charge on any atom is -0.497 e. The summed E-state index contributed by atoms with van der Waals surface area (Å²) < 4.78 is 5.22. The molecule has 0 radical (unpaired) electrons. The van der Waals surface area contributed by atoms with Crippen molar-refractivity contribution in [3.63, 3.8) is 0 Å². The lowest BCUT2D eigenvalue weighted by atomic mass is 9.90. The molecular weight excluding hydrogens is 388 g/mol. The number of rotatable bonds is 6. The summed E-state index contributed by atoms with van der Waals surface area (Å²) in [4.78, 5) is 51.4. The van der Waals surface area contributed by atoms with Gasteiger partial charge in [0.05, 0.1) is 13.7 Å². The van der Waals surface area contributed by atoms with Crippen LogP contribution < -0.4 is 15.4 Å². The quantitative estimate of drug-likeness (QED) is 0.683. The monoisotopic (exact) mass is 412 g/mol. The summed E-state index contributed by atoms with van der Waals surface area (Å²) in [5.74, 6) is -0.701. The van der Waals surface area contributed by atoms with Crippen LogP contribution in [0.25, 0.3) is 10.8 Å². The van der Waals surface area contributed by atoms with E-state index >= 15 is 0 Å². The van der Waals surface area contributed by atoms with Gasteiger partial charge in [0.2, 0.25) is 11.8 Å². The number of fused-ring (bicyclic) bond motifs is 1. The normalized spacial score (nSPS) is 18.3. The van der Waals surface area contributed by atoms with Crippen LogP contribution in [0.5, 0.6) is 5.75 Å². The molecule has 1 aliphatic rings. The van der Waals surface area contributed by atoms with Gasteiger partial charge >= 0.3 is 6.03 Å². The van der Waals surface area contributed by atoms with Gasteiger partial charge in [0.1, 0.15) is 17.8 Å². The summed E-state index contributed by atoms with van der Waals surface area (Å²) in [5.41, 5.74) is -0.700. The topological polar surface area (TPSA) is 108 Å². The SMILES string of the molecule is COc1ccc2cc([C@]3(C)NC(=O)N(CC(=O)NCC(=O)N(C)C)C3=O)ccc2c1. The zero-order chi connectivity index (χ0) is 22.1. The number of carbonyl (C=O) groups excluding carboxylic acids is 4. The molecule has 0 aliphatic carbocycles. The van der Waals surface area contributed by atoms with Gasteiger partial charge in [-0.15, -0.1) is 0 Å². The number of benzene rings is 2. The Morgan fingerprint density at radius 2 is 1.80 bits per heavy atom.